The van der Waals surface area contributed by atoms with Crippen LogP contribution >= 0.6 is 0 Å². The quantitative estimate of drug-likeness (QED) is 0.665. The first-order valence-corrected chi connectivity index (χ1v) is 6.66. The Morgan fingerprint density at radius 3 is 2.64 bits per heavy atom. The Labute approximate surface area is 126 Å². The zero-order valence-electron chi connectivity index (χ0n) is 12.5. The number of carbonyl (C=O) groups is 3. The highest BCUT2D eigenvalue weighted by Gasteiger charge is 2.23. The summed E-state index contributed by atoms with van der Waals surface area (Å²) in [6, 6.07) is 5.42. The molecular weight excluding hydrogens is 288 g/mol. The zero-order valence-corrected chi connectivity index (χ0v) is 12.5. The lowest BCUT2D eigenvalue weighted by molar-refractivity contribution is -0.152. The lowest BCUT2D eigenvalue weighted by Crippen LogP contribution is -2.25. The fraction of sp³-hybridized carbons (Fsp3) is 0.267. The molecule has 0 atom stereocenters. The third-order valence-electron chi connectivity index (χ3n) is 3.04. The molecule has 116 valence electrons. The zero-order chi connectivity index (χ0) is 16.3. The van der Waals surface area contributed by atoms with Gasteiger partial charge in [-0.3, -0.25) is 4.79 Å². The maximum Gasteiger partial charge on any atom is 0.397 e. The van der Waals surface area contributed by atoms with Gasteiger partial charge in [0.05, 0.1) is 19.4 Å². The largest absolute Gasteiger partial charge is 0.464 e. The summed E-state index contributed by atoms with van der Waals surface area (Å²) in [6.45, 7) is 3.56. The first-order valence-electron chi connectivity index (χ1n) is 6.66. The van der Waals surface area contributed by atoms with Crippen LogP contribution in [0.25, 0.3) is 10.9 Å². The van der Waals surface area contributed by atoms with Gasteiger partial charge in [0.15, 0.2) is 0 Å². The predicted molar refractivity (Wildman–Crippen MR) is 79.6 cm³/mol. The molecule has 22 heavy (non-hydrogen) atoms. The number of anilines is 1. The summed E-state index contributed by atoms with van der Waals surface area (Å²) in [4.78, 5) is 38.0. The molecular formula is C15H16N2O5. The second-order valence-electron chi connectivity index (χ2n) is 4.59. The molecule has 0 saturated carbocycles. The van der Waals surface area contributed by atoms with Crippen molar-refractivity contribution in [3.8, 4) is 0 Å². The number of amides is 1. The number of hydrogen-bond acceptors (Lipinski definition) is 5. The van der Waals surface area contributed by atoms with Crippen LogP contribution in [0.1, 0.15) is 23.0 Å². The molecule has 1 heterocycles. The van der Waals surface area contributed by atoms with Crippen LogP contribution in [0.15, 0.2) is 18.2 Å². The van der Waals surface area contributed by atoms with Crippen molar-refractivity contribution in [2.24, 2.45) is 0 Å². The summed E-state index contributed by atoms with van der Waals surface area (Å²) in [5, 5.41) is 3.02. The minimum atomic E-state index is -1.01. The lowest BCUT2D eigenvalue weighted by atomic mass is 10.1. The molecule has 7 nitrogen and oxygen atoms in total. The number of hydrogen-bond donors (Lipinski definition) is 2. The van der Waals surface area contributed by atoms with Crippen LogP contribution in [-0.4, -0.2) is 36.5 Å². The Morgan fingerprint density at radius 2 is 2.00 bits per heavy atom. The van der Waals surface area contributed by atoms with Crippen LogP contribution in [0.2, 0.25) is 0 Å². The van der Waals surface area contributed by atoms with Crippen molar-refractivity contribution in [2.45, 2.75) is 13.8 Å². The maximum atomic E-state index is 11.8. The highest BCUT2D eigenvalue weighted by Crippen LogP contribution is 2.29. The smallest absolute Gasteiger partial charge is 0.397 e. The molecule has 7 heteroatoms. The van der Waals surface area contributed by atoms with Gasteiger partial charge in [0.25, 0.3) is 0 Å². The highest BCUT2D eigenvalue weighted by atomic mass is 16.5. The van der Waals surface area contributed by atoms with Gasteiger partial charge < -0.3 is 19.8 Å². The molecule has 0 aliphatic rings. The normalized spacial score (nSPS) is 10.3. The first-order chi connectivity index (χ1) is 10.5. The van der Waals surface area contributed by atoms with Gasteiger partial charge in [0.1, 0.15) is 5.69 Å². The third kappa shape index (κ3) is 2.93. The molecule has 2 N–H and O–H groups in total. The van der Waals surface area contributed by atoms with E-state index in [0.717, 1.165) is 5.56 Å². The number of aromatic nitrogens is 1. The summed E-state index contributed by atoms with van der Waals surface area (Å²) in [5.41, 5.74) is 1.85. The molecule has 2 aromatic rings. The van der Waals surface area contributed by atoms with Crippen LogP contribution < -0.4 is 5.32 Å². The monoisotopic (exact) mass is 304 g/mol. The van der Waals surface area contributed by atoms with Crippen LogP contribution in [0, 0.1) is 6.92 Å². The fourth-order valence-electron chi connectivity index (χ4n) is 2.05. The van der Waals surface area contributed by atoms with Gasteiger partial charge in [-0.05, 0) is 26.0 Å². The minimum absolute atomic E-state index is 0.0701. The van der Waals surface area contributed by atoms with Crippen molar-refractivity contribution in [2.75, 3.05) is 19.0 Å². The number of fused-ring (bicyclic) bond motifs is 1. The second-order valence-corrected chi connectivity index (χ2v) is 4.59. The Morgan fingerprint density at radius 1 is 1.27 bits per heavy atom. The molecule has 0 saturated heterocycles. The maximum absolute atomic E-state index is 11.8. The van der Waals surface area contributed by atoms with Crippen LogP contribution in [-0.2, 0) is 19.1 Å². The molecule has 1 amide bonds. The van der Waals surface area contributed by atoms with Gasteiger partial charge >= 0.3 is 17.8 Å². The van der Waals surface area contributed by atoms with E-state index in [-0.39, 0.29) is 18.0 Å². The summed E-state index contributed by atoms with van der Waals surface area (Å²) in [7, 11) is 1.23. The number of rotatable bonds is 3. The molecule has 0 spiro atoms. The SMILES string of the molecule is CCOC(=O)C(=O)Nc1c(C(=O)OC)[nH]c2ccc(C)cc12. The molecule has 0 radical (unpaired) electrons. The van der Waals surface area contributed by atoms with Gasteiger partial charge in [-0.25, -0.2) is 9.59 Å². The van der Waals surface area contributed by atoms with E-state index < -0.39 is 17.8 Å². The van der Waals surface area contributed by atoms with Gasteiger partial charge in [-0.15, -0.1) is 0 Å². The minimum Gasteiger partial charge on any atom is -0.464 e. The Bertz CT molecular complexity index is 748. The van der Waals surface area contributed by atoms with Crippen LogP contribution in [0.5, 0.6) is 0 Å². The number of aromatic amines is 1. The molecule has 0 aliphatic carbocycles. The number of nitrogens with one attached hydrogen (secondary N) is 2. The molecule has 1 aromatic carbocycles. The Kier molecular flexibility index (Phi) is 4.45. The molecule has 0 aliphatic heterocycles. The second kappa shape index (κ2) is 6.30. The van der Waals surface area contributed by atoms with Crippen molar-refractivity contribution >= 4 is 34.4 Å². The number of ether oxygens (including phenoxy) is 2. The summed E-state index contributed by atoms with van der Waals surface area (Å²) >= 11 is 0. The van der Waals surface area contributed by atoms with Crippen molar-refractivity contribution in [1.29, 1.82) is 0 Å². The Hall–Kier alpha value is -2.83. The van der Waals surface area contributed by atoms with E-state index in [2.05, 4.69) is 19.8 Å². The predicted octanol–water partition coefficient (Wildman–Crippen LogP) is 1.76. The van der Waals surface area contributed by atoms with E-state index in [0.29, 0.717) is 10.9 Å². The number of esters is 2. The van der Waals surface area contributed by atoms with Crippen molar-refractivity contribution < 1.29 is 23.9 Å². The number of methoxy groups -OCH3 is 1. The average molecular weight is 304 g/mol. The summed E-state index contributed by atoms with van der Waals surface area (Å²) in [5.74, 6) is -2.61. The van der Waals surface area contributed by atoms with E-state index in [9.17, 15) is 14.4 Å². The fourth-order valence-corrected chi connectivity index (χ4v) is 2.05. The van der Waals surface area contributed by atoms with Gasteiger partial charge in [0.2, 0.25) is 0 Å². The van der Waals surface area contributed by atoms with E-state index >= 15 is 0 Å². The summed E-state index contributed by atoms with van der Waals surface area (Å²) in [6.07, 6.45) is 0. The molecule has 0 fully saturated rings. The molecule has 0 unspecified atom stereocenters. The highest BCUT2D eigenvalue weighted by molar-refractivity contribution is 6.38. The van der Waals surface area contributed by atoms with Gasteiger partial charge in [-0.1, -0.05) is 11.6 Å². The van der Waals surface area contributed by atoms with Crippen LogP contribution in [0.3, 0.4) is 0 Å². The molecule has 0 bridgehead atoms. The van der Waals surface area contributed by atoms with Crippen molar-refractivity contribution in [1.82, 2.24) is 4.98 Å². The standard InChI is InChI=1S/C15H16N2O5/c1-4-22-15(20)13(18)17-11-9-7-8(2)5-6-10(9)16-12(11)14(19)21-3/h5-7,16H,4H2,1-3H3,(H,17,18). The van der Waals surface area contributed by atoms with Crippen molar-refractivity contribution in [3.63, 3.8) is 0 Å². The van der Waals surface area contributed by atoms with Crippen LogP contribution in [0.4, 0.5) is 5.69 Å². The lowest BCUT2D eigenvalue weighted by Gasteiger charge is -2.06. The molecule has 2 rings (SSSR count). The number of carbonyl (C=O) groups excluding carboxylic acids is 3. The van der Waals surface area contributed by atoms with Gasteiger partial charge in [-0.2, -0.15) is 0 Å². The van der Waals surface area contributed by atoms with E-state index in [1.54, 1.807) is 19.1 Å². The topological polar surface area (TPSA) is 97.5 Å². The average Bonchev–Trinajstić information content (AvgIpc) is 2.84. The van der Waals surface area contributed by atoms with E-state index in [4.69, 9.17) is 0 Å². The number of H-pyrrole nitrogens is 1. The molecule has 1 aromatic heterocycles. The van der Waals surface area contributed by atoms with Gasteiger partial charge in [0, 0.05) is 10.9 Å². The van der Waals surface area contributed by atoms with Crippen molar-refractivity contribution in [3.05, 3.63) is 29.5 Å². The third-order valence-corrected chi connectivity index (χ3v) is 3.04. The number of aryl methyl sites for hydroxylation is 1. The first kappa shape index (κ1) is 15.6. The number of benzene rings is 1. The van der Waals surface area contributed by atoms with E-state index in [1.807, 2.05) is 13.0 Å². The Balaban J connectivity index is 2.49. The van der Waals surface area contributed by atoms with E-state index in [1.165, 1.54) is 7.11 Å². The summed E-state index contributed by atoms with van der Waals surface area (Å²) < 4.78 is 9.33.